The van der Waals surface area contributed by atoms with Crippen LogP contribution in [0.4, 0.5) is 0 Å². The number of hydrogen-bond acceptors (Lipinski definition) is 2. The molecule has 3 nitrogen and oxygen atoms in total. The maximum absolute atomic E-state index is 12.7. The zero-order chi connectivity index (χ0) is 13.7. The summed E-state index contributed by atoms with van der Waals surface area (Å²) in [5.41, 5.74) is 5.85. The highest BCUT2D eigenvalue weighted by Gasteiger charge is 2.34. The highest BCUT2D eigenvalue weighted by molar-refractivity contribution is 5.79. The Bertz CT molecular complexity index is 284. The van der Waals surface area contributed by atoms with Crippen molar-refractivity contribution in [1.82, 2.24) is 4.90 Å². The van der Waals surface area contributed by atoms with Gasteiger partial charge in [0.25, 0.3) is 0 Å². The minimum atomic E-state index is 0.224. The topological polar surface area (TPSA) is 46.3 Å². The second-order valence-electron chi connectivity index (χ2n) is 6.44. The molecule has 0 aromatic heterocycles. The summed E-state index contributed by atoms with van der Waals surface area (Å²) in [6.45, 7) is 4.91. The molecule has 1 amide bonds. The molecule has 1 heterocycles. The van der Waals surface area contributed by atoms with Gasteiger partial charge in [0, 0.05) is 19.0 Å². The van der Waals surface area contributed by atoms with Crippen LogP contribution >= 0.6 is 0 Å². The third kappa shape index (κ3) is 3.71. The van der Waals surface area contributed by atoms with Crippen molar-refractivity contribution in [3.05, 3.63) is 0 Å². The first kappa shape index (κ1) is 14.8. The lowest BCUT2D eigenvalue weighted by Crippen LogP contribution is -2.45. The van der Waals surface area contributed by atoms with Crippen molar-refractivity contribution in [2.24, 2.45) is 23.5 Å². The van der Waals surface area contributed by atoms with Gasteiger partial charge in [-0.2, -0.15) is 0 Å². The number of carbonyl (C=O) groups excluding carboxylic acids is 1. The molecule has 2 atom stereocenters. The second-order valence-corrected chi connectivity index (χ2v) is 6.44. The van der Waals surface area contributed by atoms with E-state index in [-0.39, 0.29) is 5.92 Å². The Balaban J connectivity index is 1.86. The van der Waals surface area contributed by atoms with Crippen LogP contribution in [-0.4, -0.2) is 30.4 Å². The van der Waals surface area contributed by atoms with Crippen LogP contribution in [0.25, 0.3) is 0 Å². The molecule has 0 radical (unpaired) electrons. The largest absolute Gasteiger partial charge is 0.342 e. The fourth-order valence-electron chi connectivity index (χ4n) is 3.90. The Hall–Kier alpha value is -0.570. The molecular weight excluding hydrogens is 236 g/mol. The van der Waals surface area contributed by atoms with Crippen molar-refractivity contribution < 1.29 is 4.79 Å². The maximum atomic E-state index is 12.7. The smallest absolute Gasteiger partial charge is 0.226 e. The zero-order valence-corrected chi connectivity index (χ0v) is 12.4. The Labute approximate surface area is 117 Å². The quantitative estimate of drug-likeness (QED) is 0.850. The van der Waals surface area contributed by atoms with Gasteiger partial charge in [-0.15, -0.1) is 0 Å². The Morgan fingerprint density at radius 1 is 1.16 bits per heavy atom. The SMILES string of the molecule is CCCC1CCN(C(=O)C2CCCCC2CN)CC1. The molecule has 0 spiro atoms. The molecule has 0 aromatic rings. The van der Waals surface area contributed by atoms with Gasteiger partial charge < -0.3 is 10.6 Å². The van der Waals surface area contributed by atoms with Crippen LogP contribution in [-0.2, 0) is 4.79 Å². The fraction of sp³-hybridized carbons (Fsp3) is 0.938. The van der Waals surface area contributed by atoms with E-state index in [9.17, 15) is 4.79 Å². The molecule has 1 aliphatic carbocycles. The van der Waals surface area contributed by atoms with E-state index in [0.717, 1.165) is 31.8 Å². The number of likely N-dealkylation sites (tertiary alicyclic amines) is 1. The highest BCUT2D eigenvalue weighted by atomic mass is 16.2. The van der Waals surface area contributed by atoms with Gasteiger partial charge in [0.05, 0.1) is 0 Å². The predicted octanol–water partition coefficient (Wildman–Crippen LogP) is 2.79. The average molecular weight is 266 g/mol. The molecule has 1 aliphatic heterocycles. The van der Waals surface area contributed by atoms with Crippen molar-refractivity contribution in [2.75, 3.05) is 19.6 Å². The fourth-order valence-corrected chi connectivity index (χ4v) is 3.90. The van der Waals surface area contributed by atoms with Gasteiger partial charge in [-0.3, -0.25) is 4.79 Å². The number of nitrogens with two attached hydrogens (primary N) is 1. The van der Waals surface area contributed by atoms with Crippen LogP contribution in [0.15, 0.2) is 0 Å². The van der Waals surface area contributed by atoms with E-state index in [1.165, 1.54) is 38.5 Å². The summed E-state index contributed by atoms with van der Waals surface area (Å²) in [6, 6.07) is 0. The molecule has 2 fully saturated rings. The third-order valence-electron chi connectivity index (χ3n) is 5.15. The third-order valence-corrected chi connectivity index (χ3v) is 5.15. The summed E-state index contributed by atoms with van der Waals surface area (Å²) in [5.74, 6) is 1.92. The van der Waals surface area contributed by atoms with Crippen molar-refractivity contribution in [2.45, 2.75) is 58.3 Å². The molecule has 3 heteroatoms. The van der Waals surface area contributed by atoms with Crippen molar-refractivity contribution in [1.29, 1.82) is 0 Å². The summed E-state index contributed by atoms with van der Waals surface area (Å²) in [4.78, 5) is 14.8. The molecule has 2 unspecified atom stereocenters. The molecule has 0 aromatic carbocycles. The molecule has 0 bridgehead atoms. The number of amides is 1. The summed E-state index contributed by atoms with van der Waals surface area (Å²) < 4.78 is 0. The van der Waals surface area contributed by atoms with Crippen LogP contribution in [0, 0.1) is 17.8 Å². The van der Waals surface area contributed by atoms with E-state index in [1.807, 2.05) is 0 Å². The number of rotatable bonds is 4. The number of piperidine rings is 1. The van der Waals surface area contributed by atoms with Gasteiger partial charge >= 0.3 is 0 Å². The zero-order valence-electron chi connectivity index (χ0n) is 12.4. The Morgan fingerprint density at radius 3 is 2.47 bits per heavy atom. The van der Waals surface area contributed by atoms with Gasteiger partial charge in [-0.05, 0) is 44.1 Å². The van der Waals surface area contributed by atoms with E-state index in [1.54, 1.807) is 0 Å². The normalized spacial score (nSPS) is 29.5. The van der Waals surface area contributed by atoms with Crippen molar-refractivity contribution >= 4 is 5.91 Å². The monoisotopic (exact) mass is 266 g/mol. The number of hydrogen-bond donors (Lipinski definition) is 1. The van der Waals surface area contributed by atoms with Gasteiger partial charge in [0.2, 0.25) is 5.91 Å². The predicted molar refractivity (Wildman–Crippen MR) is 78.7 cm³/mol. The van der Waals surface area contributed by atoms with Gasteiger partial charge in [0.15, 0.2) is 0 Å². The van der Waals surface area contributed by atoms with Crippen molar-refractivity contribution in [3.63, 3.8) is 0 Å². The van der Waals surface area contributed by atoms with Gasteiger partial charge in [-0.1, -0.05) is 32.6 Å². The van der Waals surface area contributed by atoms with Crippen LogP contribution in [0.5, 0.6) is 0 Å². The number of carbonyl (C=O) groups is 1. The summed E-state index contributed by atoms with van der Waals surface area (Å²) in [6.07, 6.45) is 9.70. The molecule has 2 rings (SSSR count). The molecule has 19 heavy (non-hydrogen) atoms. The first-order valence-electron chi connectivity index (χ1n) is 8.25. The number of nitrogens with zero attached hydrogens (tertiary/aromatic N) is 1. The lowest BCUT2D eigenvalue weighted by molar-refractivity contribution is -0.139. The van der Waals surface area contributed by atoms with Crippen molar-refractivity contribution in [3.8, 4) is 0 Å². The van der Waals surface area contributed by atoms with E-state index in [2.05, 4.69) is 11.8 Å². The van der Waals surface area contributed by atoms with Crippen LogP contribution < -0.4 is 5.73 Å². The minimum absolute atomic E-state index is 0.224. The molecule has 1 saturated heterocycles. The lowest BCUT2D eigenvalue weighted by atomic mass is 9.78. The standard InChI is InChI=1S/C16H30N2O/c1-2-5-13-8-10-18(11-9-13)16(19)15-7-4-3-6-14(15)12-17/h13-15H,2-12,17H2,1H3. The van der Waals surface area contributed by atoms with Gasteiger partial charge in [0.1, 0.15) is 0 Å². The molecular formula is C16H30N2O. The lowest BCUT2D eigenvalue weighted by Gasteiger charge is -2.37. The molecule has 1 saturated carbocycles. The van der Waals surface area contributed by atoms with E-state index >= 15 is 0 Å². The summed E-state index contributed by atoms with van der Waals surface area (Å²) >= 11 is 0. The van der Waals surface area contributed by atoms with E-state index < -0.39 is 0 Å². The molecule has 2 aliphatic rings. The maximum Gasteiger partial charge on any atom is 0.226 e. The van der Waals surface area contributed by atoms with Crippen LogP contribution in [0.3, 0.4) is 0 Å². The summed E-state index contributed by atoms with van der Waals surface area (Å²) in [5, 5.41) is 0. The highest BCUT2D eigenvalue weighted by Crippen LogP contribution is 2.32. The minimum Gasteiger partial charge on any atom is -0.342 e. The Kier molecular flexibility index (Phi) is 5.68. The average Bonchev–Trinajstić information content (AvgIpc) is 2.47. The van der Waals surface area contributed by atoms with E-state index in [4.69, 9.17) is 5.73 Å². The van der Waals surface area contributed by atoms with Crippen LogP contribution in [0.2, 0.25) is 0 Å². The van der Waals surface area contributed by atoms with E-state index in [0.29, 0.717) is 18.4 Å². The second kappa shape index (κ2) is 7.28. The summed E-state index contributed by atoms with van der Waals surface area (Å²) in [7, 11) is 0. The first-order valence-corrected chi connectivity index (χ1v) is 8.25. The molecule has 110 valence electrons. The van der Waals surface area contributed by atoms with Crippen LogP contribution in [0.1, 0.15) is 58.3 Å². The Morgan fingerprint density at radius 2 is 1.84 bits per heavy atom. The molecule has 2 N–H and O–H groups in total. The van der Waals surface area contributed by atoms with Gasteiger partial charge in [-0.25, -0.2) is 0 Å². The first-order chi connectivity index (χ1) is 9.26.